The minimum Gasteiger partial charge on any atom is -0.355 e. The SMILES string of the molecule is O=C(C1CN(c2cc(-n3cncn3)ncn2)C1)N(Cc1ccccc1)Cc1ccccc1. The van der Waals surface area contributed by atoms with Crippen molar-refractivity contribution in [1.82, 2.24) is 29.6 Å². The lowest BCUT2D eigenvalue weighted by molar-refractivity contribution is -0.137. The molecule has 1 fully saturated rings. The summed E-state index contributed by atoms with van der Waals surface area (Å²) in [4.78, 5) is 30.0. The molecule has 160 valence electrons. The van der Waals surface area contributed by atoms with Gasteiger partial charge in [0.2, 0.25) is 5.91 Å². The number of nitrogens with zero attached hydrogens (tertiary/aromatic N) is 7. The van der Waals surface area contributed by atoms with Crippen LogP contribution in [0.25, 0.3) is 5.82 Å². The molecule has 2 aromatic heterocycles. The number of benzene rings is 2. The summed E-state index contributed by atoms with van der Waals surface area (Å²) in [5, 5.41) is 4.11. The van der Waals surface area contributed by atoms with Crippen LogP contribution in [-0.2, 0) is 17.9 Å². The van der Waals surface area contributed by atoms with Crippen LogP contribution in [0.5, 0.6) is 0 Å². The number of aromatic nitrogens is 5. The Balaban J connectivity index is 1.28. The highest BCUT2D eigenvalue weighted by atomic mass is 16.2. The lowest BCUT2D eigenvalue weighted by Gasteiger charge is -2.41. The Labute approximate surface area is 186 Å². The minimum absolute atomic E-state index is 0.0628. The Hall–Kier alpha value is -4.07. The highest BCUT2D eigenvalue weighted by Gasteiger charge is 2.36. The zero-order chi connectivity index (χ0) is 21.8. The molecule has 1 saturated heterocycles. The summed E-state index contributed by atoms with van der Waals surface area (Å²) in [7, 11) is 0. The Bertz CT molecular complexity index is 1120. The largest absolute Gasteiger partial charge is 0.355 e. The van der Waals surface area contributed by atoms with Crippen molar-refractivity contribution in [3.63, 3.8) is 0 Å². The third-order valence-electron chi connectivity index (χ3n) is 5.59. The number of amides is 1. The van der Waals surface area contributed by atoms with E-state index < -0.39 is 0 Å². The second kappa shape index (κ2) is 8.97. The molecule has 0 atom stereocenters. The first-order valence-electron chi connectivity index (χ1n) is 10.5. The highest BCUT2D eigenvalue weighted by Crippen LogP contribution is 2.26. The fourth-order valence-electron chi connectivity index (χ4n) is 3.86. The first kappa shape index (κ1) is 19.9. The molecule has 3 heterocycles. The van der Waals surface area contributed by atoms with Gasteiger partial charge in [-0.1, -0.05) is 60.7 Å². The molecule has 0 saturated carbocycles. The zero-order valence-electron chi connectivity index (χ0n) is 17.5. The summed E-state index contributed by atoms with van der Waals surface area (Å²) in [6.07, 6.45) is 4.58. The third kappa shape index (κ3) is 4.34. The van der Waals surface area contributed by atoms with Gasteiger partial charge in [-0.05, 0) is 11.1 Å². The van der Waals surface area contributed by atoms with Crippen molar-refractivity contribution in [1.29, 1.82) is 0 Å². The molecule has 5 rings (SSSR count). The molecule has 0 spiro atoms. The second-order valence-electron chi connectivity index (χ2n) is 7.84. The van der Waals surface area contributed by atoms with Gasteiger partial charge >= 0.3 is 0 Å². The molecule has 0 aliphatic carbocycles. The van der Waals surface area contributed by atoms with E-state index in [0.29, 0.717) is 32.0 Å². The summed E-state index contributed by atoms with van der Waals surface area (Å²) in [6.45, 7) is 2.45. The zero-order valence-corrected chi connectivity index (χ0v) is 17.5. The van der Waals surface area contributed by atoms with Gasteiger partial charge in [0.25, 0.3) is 0 Å². The number of anilines is 1. The molecule has 0 N–H and O–H groups in total. The predicted molar refractivity (Wildman–Crippen MR) is 120 cm³/mol. The molecule has 1 amide bonds. The van der Waals surface area contributed by atoms with Crippen LogP contribution in [0.3, 0.4) is 0 Å². The molecule has 0 bridgehead atoms. The molecule has 0 unspecified atom stereocenters. The molecular weight excluding hydrogens is 402 g/mol. The van der Waals surface area contributed by atoms with Gasteiger partial charge in [0.05, 0.1) is 5.92 Å². The van der Waals surface area contributed by atoms with Crippen LogP contribution < -0.4 is 4.90 Å². The number of carbonyl (C=O) groups is 1. The number of rotatable bonds is 7. The Morgan fingerprint density at radius 1 is 0.875 bits per heavy atom. The van der Waals surface area contributed by atoms with Gasteiger partial charge in [0, 0.05) is 32.2 Å². The minimum atomic E-state index is -0.0628. The summed E-state index contributed by atoms with van der Waals surface area (Å²) >= 11 is 0. The molecule has 0 radical (unpaired) electrons. The quantitative estimate of drug-likeness (QED) is 0.453. The molecular formula is C24H23N7O. The van der Waals surface area contributed by atoms with Crippen molar-refractivity contribution in [2.45, 2.75) is 13.1 Å². The summed E-state index contributed by atoms with van der Waals surface area (Å²) in [5.74, 6) is 1.54. The average Bonchev–Trinajstić information content (AvgIpc) is 3.34. The van der Waals surface area contributed by atoms with Gasteiger partial charge in [0.15, 0.2) is 5.82 Å². The van der Waals surface area contributed by atoms with Crippen LogP contribution in [0.1, 0.15) is 11.1 Å². The van der Waals surface area contributed by atoms with Crippen LogP contribution in [0.15, 0.2) is 85.7 Å². The van der Waals surface area contributed by atoms with Crippen LogP contribution in [0.2, 0.25) is 0 Å². The van der Waals surface area contributed by atoms with Crippen molar-refractivity contribution in [3.05, 3.63) is 96.8 Å². The van der Waals surface area contributed by atoms with Crippen LogP contribution >= 0.6 is 0 Å². The van der Waals surface area contributed by atoms with E-state index in [2.05, 4.69) is 49.2 Å². The first-order chi connectivity index (χ1) is 15.8. The maximum atomic E-state index is 13.4. The Morgan fingerprint density at radius 2 is 1.50 bits per heavy atom. The van der Waals surface area contributed by atoms with E-state index in [0.717, 1.165) is 16.9 Å². The van der Waals surface area contributed by atoms with E-state index in [1.54, 1.807) is 11.0 Å². The van der Waals surface area contributed by atoms with Crippen LogP contribution in [0, 0.1) is 5.92 Å². The fourth-order valence-corrected chi connectivity index (χ4v) is 3.86. The van der Waals surface area contributed by atoms with Crippen molar-refractivity contribution < 1.29 is 4.79 Å². The summed E-state index contributed by atoms with van der Waals surface area (Å²) in [5.41, 5.74) is 2.25. The Morgan fingerprint density at radius 3 is 2.09 bits per heavy atom. The van der Waals surface area contributed by atoms with Gasteiger partial charge < -0.3 is 9.80 Å². The van der Waals surface area contributed by atoms with Gasteiger partial charge in [-0.15, -0.1) is 0 Å². The number of hydrogen-bond acceptors (Lipinski definition) is 6. The van der Waals surface area contributed by atoms with E-state index in [1.807, 2.05) is 47.4 Å². The maximum absolute atomic E-state index is 13.4. The fraction of sp³-hybridized carbons (Fsp3) is 0.208. The van der Waals surface area contributed by atoms with Crippen molar-refractivity contribution >= 4 is 11.7 Å². The second-order valence-corrected chi connectivity index (χ2v) is 7.84. The lowest BCUT2D eigenvalue weighted by atomic mass is 9.97. The van der Waals surface area contributed by atoms with Gasteiger partial charge in [0.1, 0.15) is 24.8 Å². The van der Waals surface area contributed by atoms with Crippen molar-refractivity contribution in [2.24, 2.45) is 5.92 Å². The van der Waals surface area contributed by atoms with E-state index in [1.165, 1.54) is 12.7 Å². The summed E-state index contributed by atoms with van der Waals surface area (Å²) in [6, 6.07) is 22.1. The molecule has 8 heteroatoms. The molecule has 4 aromatic rings. The first-order valence-corrected chi connectivity index (χ1v) is 10.5. The molecule has 2 aromatic carbocycles. The molecule has 1 aliphatic rings. The third-order valence-corrected chi connectivity index (χ3v) is 5.59. The van der Waals surface area contributed by atoms with E-state index in [9.17, 15) is 4.79 Å². The normalized spacial score (nSPS) is 13.6. The lowest BCUT2D eigenvalue weighted by Crippen LogP contribution is -2.54. The maximum Gasteiger partial charge on any atom is 0.229 e. The molecule has 8 nitrogen and oxygen atoms in total. The van der Waals surface area contributed by atoms with Gasteiger partial charge in [-0.25, -0.2) is 19.6 Å². The van der Waals surface area contributed by atoms with E-state index in [-0.39, 0.29) is 11.8 Å². The Kier molecular flexibility index (Phi) is 5.57. The monoisotopic (exact) mass is 425 g/mol. The average molecular weight is 425 g/mol. The van der Waals surface area contributed by atoms with Crippen LogP contribution in [0.4, 0.5) is 5.82 Å². The van der Waals surface area contributed by atoms with Crippen LogP contribution in [-0.4, -0.2) is 48.6 Å². The van der Waals surface area contributed by atoms with E-state index in [4.69, 9.17) is 0 Å². The highest BCUT2D eigenvalue weighted by molar-refractivity contribution is 5.82. The summed E-state index contributed by atoms with van der Waals surface area (Å²) < 4.78 is 1.59. The standard InChI is InChI=1S/C24H23N7O/c32-24(30(12-19-7-3-1-4-8-19)13-20-9-5-2-6-10-20)21-14-29(15-21)22-11-23(27-17-26-22)31-18-25-16-28-31/h1-11,16-18,21H,12-15H2. The van der Waals surface area contributed by atoms with Crippen molar-refractivity contribution in [3.8, 4) is 5.82 Å². The predicted octanol–water partition coefficient (Wildman–Crippen LogP) is 2.72. The number of hydrogen-bond donors (Lipinski definition) is 0. The van der Waals surface area contributed by atoms with E-state index >= 15 is 0 Å². The topological polar surface area (TPSA) is 80.0 Å². The van der Waals surface area contributed by atoms with Gasteiger partial charge in [-0.3, -0.25) is 4.79 Å². The van der Waals surface area contributed by atoms with Gasteiger partial charge in [-0.2, -0.15) is 5.10 Å². The molecule has 32 heavy (non-hydrogen) atoms. The molecule has 1 aliphatic heterocycles. The number of carbonyl (C=O) groups excluding carboxylic acids is 1. The van der Waals surface area contributed by atoms with Crippen molar-refractivity contribution in [2.75, 3.05) is 18.0 Å². The smallest absolute Gasteiger partial charge is 0.229 e.